The fourth-order valence-corrected chi connectivity index (χ4v) is 2.70. The molecule has 2 aromatic rings. The first-order valence-corrected chi connectivity index (χ1v) is 8.39. The molecule has 0 saturated carbocycles. The van der Waals surface area contributed by atoms with Crippen LogP contribution < -0.4 is 5.32 Å². The molecule has 0 saturated heterocycles. The molecule has 4 heteroatoms. The van der Waals surface area contributed by atoms with Crippen molar-refractivity contribution in [1.29, 1.82) is 0 Å². The van der Waals surface area contributed by atoms with Crippen molar-refractivity contribution in [2.45, 2.75) is 59.8 Å². The maximum Gasteiger partial charge on any atom is 0.255 e. The van der Waals surface area contributed by atoms with Crippen molar-refractivity contribution in [2.75, 3.05) is 5.32 Å². The number of phenolic OH excluding ortho intramolecular Hbond substituents is 2. The number of carbonyl (C=O) groups excluding carboxylic acids is 1. The molecule has 142 valence electrons. The van der Waals surface area contributed by atoms with Crippen molar-refractivity contribution in [1.82, 2.24) is 0 Å². The fourth-order valence-electron chi connectivity index (χ4n) is 2.70. The Morgan fingerprint density at radius 2 is 1.27 bits per heavy atom. The first-order valence-electron chi connectivity index (χ1n) is 8.39. The van der Waals surface area contributed by atoms with Crippen molar-refractivity contribution in [3.8, 4) is 11.5 Å². The van der Waals surface area contributed by atoms with Crippen molar-refractivity contribution in [2.24, 2.45) is 0 Å². The summed E-state index contributed by atoms with van der Waals surface area (Å²) in [5.74, 6) is -0.568. The highest BCUT2D eigenvalue weighted by atomic mass is 16.3. The molecule has 26 heavy (non-hydrogen) atoms. The summed E-state index contributed by atoms with van der Waals surface area (Å²) in [4.78, 5) is 12.5. The molecule has 0 heterocycles. The zero-order valence-corrected chi connectivity index (χ0v) is 15.8. The Morgan fingerprint density at radius 3 is 1.65 bits per heavy atom. The average molecular weight is 357 g/mol. The maximum atomic E-state index is 12.5. The van der Waals surface area contributed by atoms with Gasteiger partial charge in [-0.15, -0.1) is 0 Å². The van der Waals surface area contributed by atoms with Gasteiger partial charge in [-0.05, 0) is 29.0 Å². The zero-order chi connectivity index (χ0) is 19.0. The molecule has 0 unspecified atom stereocenters. The topological polar surface area (TPSA) is 69.6 Å². The number of aromatic hydroxyl groups is 2. The van der Waals surface area contributed by atoms with Crippen LogP contribution in [-0.2, 0) is 10.8 Å². The third-order valence-electron chi connectivity index (χ3n) is 4.16. The second-order valence-corrected chi connectivity index (χ2v) is 8.36. The molecule has 0 aliphatic heterocycles. The molecule has 0 aliphatic rings. The molecular formula is C22H31NO3. The van der Waals surface area contributed by atoms with Gasteiger partial charge in [-0.2, -0.15) is 0 Å². The van der Waals surface area contributed by atoms with E-state index in [-0.39, 0.29) is 41.4 Å². The van der Waals surface area contributed by atoms with Gasteiger partial charge >= 0.3 is 0 Å². The highest BCUT2D eigenvalue weighted by molar-refractivity contribution is 6.06. The first-order chi connectivity index (χ1) is 11.4. The van der Waals surface area contributed by atoms with Gasteiger partial charge in [0, 0.05) is 16.7 Å². The zero-order valence-electron chi connectivity index (χ0n) is 15.8. The SMILES string of the molecule is C.CC(C)(C)c1cc(C(C)(C)C)c(O)c(NC(=O)c2ccccc2)c1O. The standard InChI is InChI=1S/C21H27NO3.CH4/c1-20(2,3)14-12-15(21(4,5)6)18(24)16(17(14)23)22-19(25)13-10-8-7-9-11-13;/h7-12,23-24H,1-6H3,(H,22,25);1H4. The molecule has 0 radical (unpaired) electrons. The van der Waals surface area contributed by atoms with Gasteiger partial charge in [0.1, 0.15) is 17.2 Å². The Labute approximate surface area is 156 Å². The number of anilines is 1. The molecule has 0 aliphatic carbocycles. The van der Waals surface area contributed by atoms with Crippen LogP contribution in [0.15, 0.2) is 36.4 Å². The van der Waals surface area contributed by atoms with E-state index >= 15 is 0 Å². The average Bonchev–Trinajstić information content (AvgIpc) is 2.49. The Morgan fingerprint density at radius 1 is 0.846 bits per heavy atom. The summed E-state index contributed by atoms with van der Waals surface area (Å²) in [6, 6.07) is 10.5. The van der Waals surface area contributed by atoms with E-state index in [4.69, 9.17) is 0 Å². The van der Waals surface area contributed by atoms with Gasteiger partial charge in [0.05, 0.1) is 0 Å². The Bertz CT molecular complexity index is 744. The summed E-state index contributed by atoms with van der Waals surface area (Å²) in [5.41, 5.74) is 1.19. The van der Waals surface area contributed by atoms with E-state index in [1.165, 1.54) is 0 Å². The van der Waals surface area contributed by atoms with Gasteiger partial charge in [-0.25, -0.2) is 0 Å². The Hall–Kier alpha value is -2.49. The molecule has 2 rings (SSSR count). The molecular weight excluding hydrogens is 326 g/mol. The van der Waals surface area contributed by atoms with E-state index in [1.54, 1.807) is 24.3 Å². The highest BCUT2D eigenvalue weighted by Gasteiger charge is 2.30. The van der Waals surface area contributed by atoms with Gasteiger partial charge in [0.25, 0.3) is 5.91 Å². The normalized spacial score (nSPS) is 11.6. The van der Waals surface area contributed by atoms with Crippen LogP contribution in [0.1, 0.15) is 70.5 Å². The van der Waals surface area contributed by atoms with Crippen LogP contribution in [-0.4, -0.2) is 16.1 Å². The lowest BCUT2D eigenvalue weighted by atomic mass is 9.79. The number of benzene rings is 2. The second-order valence-electron chi connectivity index (χ2n) is 8.36. The molecule has 2 aromatic carbocycles. The fraction of sp³-hybridized carbons (Fsp3) is 0.409. The highest BCUT2D eigenvalue weighted by Crippen LogP contribution is 2.47. The second kappa shape index (κ2) is 7.40. The number of hydrogen-bond donors (Lipinski definition) is 3. The summed E-state index contributed by atoms with van der Waals surface area (Å²) >= 11 is 0. The van der Waals surface area contributed by atoms with Crippen molar-refractivity contribution < 1.29 is 15.0 Å². The minimum absolute atomic E-state index is 0. The molecule has 0 atom stereocenters. The summed E-state index contributed by atoms with van der Waals surface area (Å²) in [5, 5.41) is 24.1. The lowest BCUT2D eigenvalue weighted by Gasteiger charge is -2.28. The third-order valence-corrected chi connectivity index (χ3v) is 4.16. The monoisotopic (exact) mass is 357 g/mol. The lowest BCUT2D eigenvalue weighted by Crippen LogP contribution is -2.19. The third kappa shape index (κ3) is 4.37. The van der Waals surface area contributed by atoms with E-state index < -0.39 is 0 Å². The van der Waals surface area contributed by atoms with Crippen LogP contribution >= 0.6 is 0 Å². The van der Waals surface area contributed by atoms with Crippen LogP contribution in [0.5, 0.6) is 11.5 Å². The van der Waals surface area contributed by atoms with Crippen LogP contribution in [0.4, 0.5) is 5.69 Å². The molecule has 0 fully saturated rings. The molecule has 0 bridgehead atoms. The summed E-state index contributed by atoms with van der Waals surface area (Å²) in [7, 11) is 0. The predicted octanol–water partition coefficient (Wildman–Crippen LogP) is 5.58. The maximum absolute atomic E-state index is 12.5. The molecule has 3 N–H and O–H groups in total. The number of rotatable bonds is 2. The minimum Gasteiger partial charge on any atom is -0.505 e. The molecule has 1 amide bonds. The van der Waals surface area contributed by atoms with Gasteiger partial charge in [-0.1, -0.05) is 67.2 Å². The van der Waals surface area contributed by atoms with Crippen LogP contribution in [0, 0.1) is 0 Å². The van der Waals surface area contributed by atoms with Crippen LogP contribution in [0.2, 0.25) is 0 Å². The predicted molar refractivity (Wildman–Crippen MR) is 108 cm³/mol. The number of nitrogens with one attached hydrogen (secondary N) is 1. The van der Waals surface area contributed by atoms with Crippen LogP contribution in [0.3, 0.4) is 0 Å². The van der Waals surface area contributed by atoms with Crippen molar-refractivity contribution >= 4 is 11.6 Å². The number of phenols is 2. The van der Waals surface area contributed by atoms with Gasteiger partial charge in [0.15, 0.2) is 0 Å². The number of hydrogen-bond acceptors (Lipinski definition) is 3. The molecule has 4 nitrogen and oxygen atoms in total. The number of amides is 1. The minimum atomic E-state index is -0.378. The largest absolute Gasteiger partial charge is 0.505 e. The first kappa shape index (κ1) is 21.6. The summed E-state index contributed by atoms with van der Waals surface area (Å²) in [6.07, 6.45) is 0. The lowest BCUT2D eigenvalue weighted by molar-refractivity contribution is 0.102. The van der Waals surface area contributed by atoms with E-state index in [0.717, 1.165) is 0 Å². The molecule has 0 aromatic heterocycles. The Kier molecular flexibility index (Phi) is 6.14. The van der Waals surface area contributed by atoms with Crippen molar-refractivity contribution in [3.63, 3.8) is 0 Å². The van der Waals surface area contributed by atoms with E-state index in [0.29, 0.717) is 16.7 Å². The van der Waals surface area contributed by atoms with E-state index in [2.05, 4.69) is 5.32 Å². The Balaban J connectivity index is 0.00000338. The number of carbonyl (C=O) groups is 1. The van der Waals surface area contributed by atoms with E-state index in [9.17, 15) is 15.0 Å². The van der Waals surface area contributed by atoms with Gasteiger partial charge in [0.2, 0.25) is 0 Å². The van der Waals surface area contributed by atoms with Gasteiger partial charge < -0.3 is 15.5 Å². The van der Waals surface area contributed by atoms with Crippen molar-refractivity contribution in [3.05, 3.63) is 53.1 Å². The quantitative estimate of drug-likeness (QED) is 0.614. The summed E-state index contributed by atoms with van der Waals surface area (Å²) < 4.78 is 0. The molecule has 0 spiro atoms. The smallest absolute Gasteiger partial charge is 0.255 e. The van der Waals surface area contributed by atoms with Crippen LogP contribution in [0.25, 0.3) is 0 Å². The summed E-state index contributed by atoms with van der Waals surface area (Å²) in [6.45, 7) is 11.9. The van der Waals surface area contributed by atoms with E-state index in [1.807, 2.05) is 53.7 Å². The van der Waals surface area contributed by atoms with Gasteiger partial charge in [-0.3, -0.25) is 4.79 Å².